The molecule has 0 saturated carbocycles. The number of hydrogen-bond donors (Lipinski definition) is 0. The Morgan fingerprint density at radius 1 is 0.316 bits per heavy atom. The van der Waals surface area contributed by atoms with Crippen molar-refractivity contribution in [2.75, 3.05) is 0 Å². The zero-order valence-electron chi connectivity index (χ0n) is 20.6. The molecule has 38 heavy (non-hydrogen) atoms. The molecule has 0 aliphatic carbocycles. The molecule has 1 heterocycles. The minimum Gasteiger partial charge on any atom is -0.208 e. The predicted octanol–water partition coefficient (Wildman–Crippen LogP) is 8.85. The first kappa shape index (κ1) is 22.1. The molecular formula is C35H23N3. The Kier molecular flexibility index (Phi) is 5.45. The van der Waals surface area contributed by atoms with E-state index in [-0.39, 0.29) is 0 Å². The average Bonchev–Trinajstić information content (AvgIpc) is 3.01. The predicted molar refractivity (Wildman–Crippen MR) is 157 cm³/mol. The highest BCUT2D eigenvalue weighted by atomic mass is 15.0. The minimum absolute atomic E-state index is 0.658. The quantitative estimate of drug-likeness (QED) is 0.250. The fraction of sp³-hybridized carbons (Fsp3) is 0. The average molecular weight is 486 g/mol. The number of rotatable bonds is 4. The lowest BCUT2D eigenvalue weighted by Crippen LogP contribution is -2.02. The first-order chi connectivity index (χ1) is 18.8. The van der Waals surface area contributed by atoms with Crippen molar-refractivity contribution >= 4 is 21.5 Å². The molecule has 0 amide bonds. The molecule has 6 aromatic carbocycles. The van der Waals surface area contributed by atoms with E-state index in [2.05, 4.69) is 103 Å². The molecule has 1 aromatic heterocycles. The lowest BCUT2D eigenvalue weighted by atomic mass is 9.93. The van der Waals surface area contributed by atoms with Crippen LogP contribution < -0.4 is 0 Å². The van der Waals surface area contributed by atoms with Gasteiger partial charge in [0.05, 0.1) is 0 Å². The van der Waals surface area contributed by atoms with Crippen molar-refractivity contribution in [1.29, 1.82) is 0 Å². The summed E-state index contributed by atoms with van der Waals surface area (Å²) in [6.45, 7) is 0. The molecule has 3 heteroatoms. The standard InChI is InChI=1S/C35H23N3/c1-3-12-25(13-4-1)30-23-22-26-15-8-10-20-29(26)32(30)35-37-33(27-16-5-2-6-17-27)36-34(38-35)31-21-11-18-24-14-7-9-19-28(24)31/h1-23H. The van der Waals surface area contributed by atoms with Crippen molar-refractivity contribution in [3.63, 3.8) is 0 Å². The summed E-state index contributed by atoms with van der Waals surface area (Å²) in [4.78, 5) is 15.3. The van der Waals surface area contributed by atoms with Gasteiger partial charge in [0.15, 0.2) is 17.5 Å². The molecule has 3 nitrogen and oxygen atoms in total. The van der Waals surface area contributed by atoms with Gasteiger partial charge in [-0.25, -0.2) is 15.0 Å². The van der Waals surface area contributed by atoms with Crippen LogP contribution in [0.5, 0.6) is 0 Å². The fourth-order valence-corrected chi connectivity index (χ4v) is 5.12. The molecule has 7 rings (SSSR count). The van der Waals surface area contributed by atoms with E-state index < -0.39 is 0 Å². The third-order valence-corrected chi connectivity index (χ3v) is 6.94. The number of hydrogen-bond acceptors (Lipinski definition) is 3. The summed E-state index contributed by atoms with van der Waals surface area (Å²) in [6, 6.07) is 48.0. The van der Waals surface area contributed by atoms with Crippen LogP contribution in [0.1, 0.15) is 0 Å². The molecule has 0 saturated heterocycles. The van der Waals surface area contributed by atoms with Crippen molar-refractivity contribution in [3.05, 3.63) is 140 Å². The summed E-state index contributed by atoms with van der Waals surface area (Å²) in [5.74, 6) is 1.99. The maximum atomic E-state index is 5.16. The highest BCUT2D eigenvalue weighted by molar-refractivity contribution is 6.03. The monoisotopic (exact) mass is 485 g/mol. The van der Waals surface area contributed by atoms with Crippen LogP contribution in [0.2, 0.25) is 0 Å². The Bertz CT molecular complexity index is 1910. The Morgan fingerprint density at radius 3 is 1.63 bits per heavy atom. The second kappa shape index (κ2) is 9.38. The van der Waals surface area contributed by atoms with Crippen LogP contribution in [-0.2, 0) is 0 Å². The number of fused-ring (bicyclic) bond motifs is 2. The zero-order valence-corrected chi connectivity index (χ0v) is 20.6. The molecule has 178 valence electrons. The van der Waals surface area contributed by atoms with E-state index in [9.17, 15) is 0 Å². The van der Waals surface area contributed by atoms with E-state index in [0.29, 0.717) is 17.5 Å². The maximum absolute atomic E-state index is 5.16. The molecule has 0 fully saturated rings. The molecule has 0 spiro atoms. The van der Waals surface area contributed by atoms with Crippen molar-refractivity contribution in [2.24, 2.45) is 0 Å². The van der Waals surface area contributed by atoms with E-state index in [1.807, 2.05) is 36.4 Å². The lowest BCUT2D eigenvalue weighted by Gasteiger charge is -2.15. The van der Waals surface area contributed by atoms with Crippen LogP contribution in [0.25, 0.3) is 66.8 Å². The van der Waals surface area contributed by atoms with Crippen molar-refractivity contribution in [2.45, 2.75) is 0 Å². The van der Waals surface area contributed by atoms with Gasteiger partial charge < -0.3 is 0 Å². The topological polar surface area (TPSA) is 38.7 Å². The van der Waals surface area contributed by atoms with Crippen LogP contribution in [0.15, 0.2) is 140 Å². The zero-order chi connectivity index (χ0) is 25.3. The van der Waals surface area contributed by atoms with Crippen LogP contribution in [0, 0.1) is 0 Å². The number of benzene rings is 6. The first-order valence-electron chi connectivity index (χ1n) is 12.7. The third-order valence-electron chi connectivity index (χ3n) is 6.94. The second-order valence-electron chi connectivity index (χ2n) is 9.27. The molecule has 0 radical (unpaired) electrons. The van der Waals surface area contributed by atoms with Crippen LogP contribution in [-0.4, -0.2) is 15.0 Å². The van der Waals surface area contributed by atoms with Gasteiger partial charge in [-0.1, -0.05) is 140 Å². The third kappa shape index (κ3) is 3.91. The van der Waals surface area contributed by atoms with Gasteiger partial charge in [0.2, 0.25) is 0 Å². The largest absolute Gasteiger partial charge is 0.208 e. The summed E-state index contributed by atoms with van der Waals surface area (Å²) in [7, 11) is 0. The fourth-order valence-electron chi connectivity index (χ4n) is 5.12. The Morgan fingerprint density at radius 2 is 0.868 bits per heavy atom. The van der Waals surface area contributed by atoms with Crippen molar-refractivity contribution in [3.8, 4) is 45.3 Å². The lowest BCUT2D eigenvalue weighted by molar-refractivity contribution is 1.08. The normalized spacial score (nSPS) is 11.2. The van der Waals surface area contributed by atoms with Gasteiger partial charge in [-0.2, -0.15) is 0 Å². The van der Waals surface area contributed by atoms with Gasteiger partial charge in [-0.15, -0.1) is 0 Å². The molecular weight excluding hydrogens is 462 g/mol. The molecule has 0 atom stereocenters. The summed E-state index contributed by atoms with van der Waals surface area (Å²) in [6.07, 6.45) is 0. The SMILES string of the molecule is c1ccc(-c2nc(-c3cccc4ccccc34)nc(-c3c(-c4ccccc4)ccc4ccccc34)n2)cc1. The summed E-state index contributed by atoms with van der Waals surface area (Å²) in [5, 5.41) is 4.54. The van der Waals surface area contributed by atoms with Gasteiger partial charge in [0.25, 0.3) is 0 Å². The van der Waals surface area contributed by atoms with E-state index in [1.165, 1.54) is 0 Å². The second-order valence-corrected chi connectivity index (χ2v) is 9.27. The molecule has 7 aromatic rings. The summed E-state index contributed by atoms with van der Waals surface area (Å²) < 4.78 is 0. The highest BCUT2D eigenvalue weighted by Crippen LogP contribution is 2.38. The summed E-state index contributed by atoms with van der Waals surface area (Å²) >= 11 is 0. The highest BCUT2D eigenvalue weighted by Gasteiger charge is 2.19. The van der Waals surface area contributed by atoms with E-state index in [1.54, 1.807) is 0 Å². The molecule has 0 unspecified atom stereocenters. The van der Waals surface area contributed by atoms with Gasteiger partial charge in [0, 0.05) is 16.7 Å². The Hall–Kier alpha value is -5.15. The maximum Gasteiger partial charge on any atom is 0.165 e. The molecule has 0 aliphatic rings. The molecule has 0 aliphatic heterocycles. The van der Waals surface area contributed by atoms with Crippen molar-refractivity contribution < 1.29 is 0 Å². The Balaban J connectivity index is 1.57. The van der Waals surface area contributed by atoms with E-state index >= 15 is 0 Å². The molecule has 0 bridgehead atoms. The minimum atomic E-state index is 0.658. The van der Waals surface area contributed by atoms with Crippen LogP contribution in [0.4, 0.5) is 0 Å². The van der Waals surface area contributed by atoms with Gasteiger partial charge in [-0.05, 0) is 32.7 Å². The number of aromatic nitrogens is 3. The van der Waals surface area contributed by atoms with E-state index in [4.69, 9.17) is 15.0 Å². The van der Waals surface area contributed by atoms with E-state index in [0.717, 1.165) is 49.4 Å². The van der Waals surface area contributed by atoms with Gasteiger partial charge in [0.1, 0.15) is 0 Å². The van der Waals surface area contributed by atoms with Gasteiger partial charge in [-0.3, -0.25) is 0 Å². The van der Waals surface area contributed by atoms with Crippen LogP contribution in [0.3, 0.4) is 0 Å². The smallest absolute Gasteiger partial charge is 0.165 e. The van der Waals surface area contributed by atoms with Crippen molar-refractivity contribution in [1.82, 2.24) is 15.0 Å². The van der Waals surface area contributed by atoms with Crippen LogP contribution >= 0.6 is 0 Å². The Labute approximate surface area is 221 Å². The summed E-state index contributed by atoms with van der Waals surface area (Å²) in [5.41, 5.74) is 5.18. The first-order valence-corrected chi connectivity index (χ1v) is 12.7. The van der Waals surface area contributed by atoms with Gasteiger partial charge >= 0.3 is 0 Å². The molecule has 0 N–H and O–H groups in total. The number of nitrogens with zero attached hydrogens (tertiary/aromatic N) is 3.